The van der Waals surface area contributed by atoms with E-state index >= 15 is 4.39 Å². The average Bonchev–Trinajstić information content (AvgIpc) is 3.12. The number of benzene rings is 2. The molecule has 2 aromatic heterocycles. The number of halogens is 2. The minimum Gasteiger partial charge on any atom is -0.496 e. The standard InChI is InChI=1S/C38H42ClFN6O4/c1-44-21-29(27-7-12-41-20-28(27)38(44)49)25-17-31(39)30(35(18-25)50-2)22-45-13-8-23(9-14-45)24-10-15-46(16-11-24)34-5-3-26(19-32(34)40)42-33-4-6-36(47)43-37(33)48/h3,5,7,12,17-21,23-24,33,42H,4,6,8-11,13-16,22H2,1-2H3,(H,43,47,48). The Morgan fingerprint density at radius 1 is 0.980 bits per heavy atom. The molecule has 0 spiro atoms. The first kappa shape index (κ1) is 34.0. The highest BCUT2D eigenvalue weighted by atomic mass is 35.5. The lowest BCUT2D eigenvalue weighted by atomic mass is 9.78. The highest BCUT2D eigenvalue weighted by molar-refractivity contribution is 6.32. The molecule has 1 unspecified atom stereocenters. The van der Waals surface area contributed by atoms with Crippen molar-refractivity contribution >= 4 is 45.6 Å². The number of aryl methyl sites for hydroxylation is 1. The second-order valence-corrected chi connectivity index (χ2v) is 14.2. The third-order valence-electron chi connectivity index (χ3n) is 10.8. The van der Waals surface area contributed by atoms with Gasteiger partial charge in [0.1, 0.15) is 17.6 Å². The van der Waals surface area contributed by atoms with Crippen molar-refractivity contribution in [1.82, 2.24) is 19.8 Å². The van der Waals surface area contributed by atoms with Crippen molar-refractivity contribution < 1.29 is 18.7 Å². The average molecular weight is 701 g/mol. The number of likely N-dealkylation sites (tertiary alicyclic amines) is 1. The number of hydrogen-bond donors (Lipinski definition) is 2. The fourth-order valence-corrected chi connectivity index (χ4v) is 8.22. The number of anilines is 2. The first-order valence-electron chi connectivity index (χ1n) is 17.4. The van der Waals surface area contributed by atoms with E-state index in [-0.39, 0.29) is 29.6 Å². The fraction of sp³-hybridized carbons (Fsp3) is 0.421. The van der Waals surface area contributed by atoms with Crippen molar-refractivity contribution in [3.63, 3.8) is 0 Å². The van der Waals surface area contributed by atoms with Crippen LogP contribution >= 0.6 is 11.6 Å². The van der Waals surface area contributed by atoms with E-state index in [0.717, 1.165) is 79.7 Å². The highest BCUT2D eigenvalue weighted by Crippen LogP contribution is 2.39. The number of carbonyl (C=O) groups excluding carboxylic acids is 2. The molecule has 2 aromatic carbocycles. The van der Waals surface area contributed by atoms with E-state index in [2.05, 4.69) is 25.4 Å². The van der Waals surface area contributed by atoms with Crippen molar-refractivity contribution in [2.75, 3.05) is 43.5 Å². The Morgan fingerprint density at radius 2 is 1.72 bits per heavy atom. The van der Waals surface area contributed by atoms with Gasteiger partial charge in [0.15, 0.2) is 0 Å². The van der Waals surface area contributed by atoms with E-state index in [4.69, 9.17) is 16.3 Å². The van der Waals surface area contributed by atoms with Crippen LogP contribution in [-0.4, -0.2) is 65.6 Å². The molecule has 0 radical (unpaired) electrons. The van der Waals surface area contributed by atoms with Gasteiger partial charge in [-0.25, -0.2) is 4.39 Å². The summed E-state index contributed by atoms with van der Waals surface area (Å²) in [4.78, 5) is 44.9. The van der Waals surface area contributed by atoms with Crippen LogP contribution in [0.1, 0.15) is 44.1 Å². The zero-order chi connectivity index (χ0) is 34.9. The number of pyridine rings is 2. The van der Waals surface area contributed by atoms with Gasteiger partial charge in [-0.15, -0.1) is 0 Å². The maximum atomic E-state index is 15.2. The summed E-state index contributed by atoms with van der Waals surface area (Å²) in [7, 11) is 3.41. The fourth-order valence-electron chi connectivity index (χ4n) is 7.95. The third-order valence-corrected chi connectivity index (χ3v) is 11.1. The molecule has 12 heteroatoms. The molecule has 1 atom stereocenters. The zero-order valence-electron chi connectivity index (χ0n) is 28.4. The normalized spacial score (nSPS) is 19.5. The van der Waals surface area contributed by atoms with Gasteiger partial charge in [-0.1, -0.05) is 11.6 Å². The van der Waals surface area contributed by atoms with Gasteiger partial charge in [0, 0.05) is 73.5 Å². The lowest BCUT2D eigenvalue weighted by Crippen LogP contribution is -2.47. The first-order valence-corrected chi connectivity index (χ1v) is 17.7. The summed E-state index contributed by atoms with van der Waals surface area (Å²) in [6.07, 6.45) is 10.1. The smallest absolute Gasteiger partial charge is 0.259 e. The van der Waals surface area contributed by atoms with Gasteiger partial charge in [-0.3, -0.25) is 29.6 Å². The molecule has 10 nitrogen and oxygen atoms in total. The Morgan fingerprint density at radius 3 is 2.42 bits per heavy atom. The van der Waals surface area contributed by atoms with Gasteiger partial charge >= 0.3 is 0 Å². The van der Waals surface area contributed by atoms with Crippen molar-refractivity contribution in [2.24, 2.45) is 18.9 Å². The Balaban J connectivity index is 0.942. The minimum absolute atomic E-state index is 0.0951. The number of nitrogens with zero attached hydrogens (tertiary/aromatic N) is 4. The largest absolute Gasteiger partial charge is 0.496 e. The molecule has 3 fully saturated rings. The summed E-state index contributed by atoms with van der Waals surface area (Å²) in [6.45, 7) is 4.26. The Hall–Kier alpha value is -4.48. The summed E-state index contributed by atoms with van der Waals surface area (Å²) in [6, 6.07) is 10.3. The van der Waals surface area contributed by atoms with Crippen molar-refractivity contribution in [3.05, 3.63) is 81.7 Å². The molecular weight excluding hydrogens is 659 g/mol. The van der Waals surface area contributed by atoms with Crippen LogP contribution in [0.2, 0.25) is 5.02 Å². The molecule has 3 aliphatic heterocycles. The predicted molar refractivity (Wildman–Crippen MR) is 193 cm³/mol. The van der Waals surface area contributed by atoms with E-state index in [1.54, 1.807) is 37.2 Å². The number of ether oxygens (including phenoxy) is 1. The van der Waals surface area contributed by atoms with E-state index in [1.165, 1.54) is 6.07 Å². The number of aromatic nitrogens is 2. The maximum absolute atomic E-state index is 15.2. The third kappa shape index (κ3) is 6.93. The van der Waals surface area contributed by atoms with Crippen LogP contribution in [0.4, 0.5) is 15.8 Å². The number of imide groups is 1. The monoisotopic (exact) mass is 700 g/mol. The molecule has 2 N–H and O–H groups in total. The Bertz CT molecular complexity index is 1990. The summed E-state index contributed by atoms with van der Waals surface area (Å²) in [5.41, 5.74) is 3.76. The number of hydrogen-bond acceptors (Lipinski definition) is 8. The number of rotatable bonds is 8. The van der Waals surface area contributed by atoms with Gasteiger partial charge in [0.05, 0.1) is 18.2 Å². The molecule has 3 saturated heterocycles. The molecule has 4 aromatic rings. The molecule has 3 aliphatic rings. The predicted octanol–water partition coefficient (Wildman–Crippen LogP) is 5.75. The van der Waals surface area contributed by atoms with Crippen molar-refractivity contribution in [3.8, 4) is 16.9 Å². The van der Waals surface area contributed by atoms with Gasteiger partial charge in [-0.2, -0.15) is 0 Å². The topological polar surface area (TPSA) is 109 Å². The number of carbonyl (C=O) groups is 2. The minimum atomic E-state index is -0.544. The molecule has 0 saturated carbocycles. The van der Waals surface area contributed by atoms with Crippen molar-refractivity contribution in [2.45, 2.75) is 51.1 Å². The summed E-state index contributed by atoms with van der Waals surface area (Å²) in [5.74, 6) is 1.01. The summed E-state index contributed by atoms with van der Waals surface area (Å²) >= 11 is 6.94. The lowest BCUT2D eigenvalue weighted by Gasteiger charge is -2.41. The quantitative estimate of drug-likeness (QED) is 0.224. The van der Waals surface area contributed by atoms with Gasteiger partial charge in [-0.05, 0) is 104 Å². The van der Waals surface area contributed by atoms with Crippen molar-refractivity contribution in [1.29, 1.82) is 0 Å². The van der Waals surface area contributed by atoms with Crippen LogP contribution in [0.3, 0.4) is 0 Å². The van der Waals surface area contributed by atoms with Gasteiger partial charge in [0.25, 0.3) is 5.56 Å². The second-order valence-electron chi connectivity index (χ2n) is 13.8. The van der Waals surface area contributed by atoms with E-state index in [1.807, 2.05) is 30.5 Å². The van der Waals surface area contributed by atoms with Crippen LogP contribution < -0.4 is 25.8 Å². The lowest BCUT2D eigenvalue weighted by molar-refractivity contribution is -0.133. The van der Waals surface area contributed by atoms with E-state index < -0.39 is 6.04 Å². The number of nitrogens with one attached hydrogen (secondary N) is 2. The van der Waals surface area contributed by atoms with E-state index in [0.29, 0.717) is 46.6 Å². The SMILES string of the molecule is COc1cc(-c2cn(C)c(=O)c3cnccc23)cc(Cl)c1CN1CCC(C2CCN(c3ccc(NC4CCC(=O)NC4=O)cc3F)CC2)CC1. The molecule has 262 valence electrons. The molecule has 0 aliphatic carbocycles. The number of amides is 2. The number of piperidine rings is 3. The van der Waals surface area contributed by atoms with E-state index in [9.17, 15) is 14.4 Å². The van der Waals surface area contributed by atoms with Crippen LogP contribution in [0.15, 0.2) is 59.8 Å². The van der Waals surface area contributed by atoms with Gasteiger partial charge in [0.2, 0.25) is 11.8 Å². The number of fused-ring (bicyclic) bond motifs is 1. The van der Waals surface area contributed by atoms with Gasteiger partial charge < -0.3 is 19.5 Å². The molecule has 50 heavy (non-hydrogen) atoms. The molecule has 0 bridgehead atoms. The molecular formula is C38H42ClFN6O4. The summed E-state index contributed by atoms with van der Waals surface area (Å²) < 4.78 is 22.7. The van der Waals surface area contributed by atoms with Crippen LogP contribution in [0.25, 0.3) is 21.9 Å². The zero-order valence-corrected chi connectivity index (χ0v) is 29.1. The second kappa shape index (κ2) is 14.4. The van der Waals surface area contributed by atoms with Crippen LogP contribution in [0.5, 0.6) is 5.75 Å². The molecule has 7 rings (SSSR count). The Kier molecular flexibility index (Phi) is 9.79. The van der Waals surface area contributed by atoms with Crippen LogP contribution in [0, 0.1) is 17.7 Å². The number of methoxy groups -OCH3 is 1. The Labute approximate surface area is 295 Å². The maximum Gasteiger partial charge on any atom is 0.259 e. The van der Waals surface area contributed by atoms with Crippen LogP contribution in [-0.2, 0) is 23.2 Å². The summed E-state index contributed by atoms with van der Waals surface area (Å²) in [5, 5.41) is 7.41. The first-order chi connectivity index (χ1) is 24.2. The highest BCUT2D eigenvalue weighted by Gasteiger charge is 2.31. The molecule has 5 heterocycles. The molecule has 2 amide bonds.